The fourth-order valence-corrected chi connectivity index (χ4v) is 2.48. The average molecular weight is 350 g/mol. The zero-order chi connectivity index (χ0) is 17.5. The number of aryl methyl sites for hydroxylation is 2. The summed E-state index contributed by atoms with van der Waals surface area (Å²) in [6.45, 7) is 7.77. The Bertz CT molecular complexity index is 665. The molecule has 2 rings (SSSR count). The SMILES string of the molecule is CCOc1cc(CN)ccc1OCCOc1cc(C)c(Cl)c(C)c1. The summed E-state index contributed by atoms with van der Waals surface area (Å²) in [5.74, 6) is 2.20. The van der Waals surface area contributed by atoms with Crippen molar-refractivity contribution in [3.05, 3.63) is 52.0 Å². The molecule has 0 aromatic heterocycles. The van der Waals surface area contributed by atoms with Gasteiger partial charge in [-0.2, -0.15) is 0 Å². The first-order valence-corrected chi connectivity index (χ1v) is 8.41. The predicted octanol–water partition coefficient (Wildman–Crippen LogP) is 4.27. The molecule has 0 radical (unpaired) electrons. The first kappa shape index (κ1) is 18.4. The summed E-state index contributed by atoms with van der Waals surface area (Å²) >= 11 is 6.16. The lowest BCUT2D eigenvalue weighted by Crippen LogP contribution is -2.10. The molecule has 24 heavy (non-hydrogen) atoms. The van der Waals surface area contributed by atoms with Crippen molar-refractivity contribution in [2.45, 2.75) is 27.3 Å². The molecule has 0 unspecified atom stereocenters. The summed E-state index contributed by atoms with van der Waals surface area (Å²) in [6.07, 6.45) is 0. The Morgan fingerprint density at radius 3 is 2.21 bits per heavy atom. The van der Waals surface area contributed by atoms with E-state index in [1.54, 1.807) is 0 Å². The standard InChI is InChI=1S/C19H24ClNO3/c1-4-22-18-11-15(12-21)5-6-17(18)24-8-7-23-16-9-13(2)19(20)14(3)10-16/h5-6,9-11H,4,7-8,12,21H2,1-3H3. The van der Waals surface area contributed by atoms with E-state index in [-0.39, 0.29) is 0 Å². The third-order valence-corrected chi connectivity index (χ3v) is 4.16. The molecule has 0 aliphatic rings. The van der Waals surface area contributed by atoms with Crippen LogP contribution in [0.4, 0.5) is 0 Å². The molecule has 0 heterocycles. The van der Waals surface area contributed by atoms with Crippen LogP contribution in [-0.2, 0) is 6.54 Å². The highest BCUT2D eigenvalue weighted by molar-refractivity contribution is 6.32. The van der Waals surface area contributed by atoms with Gasteiger partial charge in [-0.3, -0.25) is 0 Å². The first-order chi connectivity index (χ1) is 11.5. The molecule has 2 N–H and O–H groups in total. The smallest absolute Gasteiger partial charge is 0.161 e. The molecule has 2 aromatic rings. The van der Waals surface area contributed by atoms with E-state index in [0.29, 0.717) is 37.9 Å². The van der Waals surface area contributed by atoms with Gasteiger partial charge in [0.15, 0.2) is 11.5 Å². The second-order valence-corrected chi connectivity index (χ2v) is 5.86. The van der Waals surface area contributed by atoms with E-state index in [9.17, 15) is 0 Å². The van der Waals surface area contributed by atoms with Gasteiger partial charge >= 0.3 is 0 Å². The summed E-state index contributed by atoms with van der Waals surface area (Å²) in [5.41, 5.74) is 8.68. The van der Waals surface area contributed by atoms with Gasteiger partial charge in [-0.15, -0.1) is 0 Å². The van der Waals surface area contributed by atoms with Crippen LogP contribution in [0.25, 0.3) is 0 Å². The maximum Gasteiger partial charge on any atom is 0.161 e. The lowest BCUT2D eigenvalue weighted by atomic mass is 10.1. The number of benzene rings is 2. The van der Waals surface area contributed by atoms with Gasteiger partial charge in [0.2, 0.25) is 0 Å². The van der Waals surface area contributed by atoms with E-state index in [2.05, 4.69) is 0 Å². The second-order valence-electron chi connectivity index (χ2n) is 5.49. The van der Waals surface area contributed by atoms with Crippen LogP contribution in [-0.4, -0.2) is 19.8 Å². The van der Waals surface area contributed by atoms with Gasteiger partial charge < -0.3 is 19.9 Å². The van der Waals surface area contributed by atoms with Crippen LogP contribution in [0.1, 0.15) is 23.6 Å². The molecule has 0 bridgehead atoms. The topological polar surface area (TPSA) is 53.7 Å². The van der Waals surface area contributed by atoms with Crippen molar-refractivity contribution in [2.24, 2.45) is 5.73 Å². The lowest BCUT2D eigenvalue weighted by molar-refractivity contribution is 0.208. The summed E-state index contributed by atoms with van der Waals surface area (Å²) in [6, 6.07) is 9.58. The van der Waals surface area contributed by atoms with Crippen LogP contribution in [0.15, 0.2) is 30.3 Å². The van der Waals surface area contributed by atoms with Gasteiger partial charge in [-0.1, -0.05) is 17.7 Å². The van der Waals surface area contributed by atoms with Crippen molar-refractivity contribution >= 4 is 11.6 Å². The van der Waals surface area contributed by atoms with Crippen molar-refractivity contribution in [3.63, 3.8) is 0 Å². The molecule has 0 fully saturated rings. The Kier molecular flexibility index (Phi) is 6.76. The quantitative estimate of drug-likeness (QED) is 0.723. The van der Waals surface area contributed by atoms with Crippen LogP contribution in [0.3, 0.4) is 0 Å². The van der Waals surface area contributed by atoms with Crippen LogP contribution >= 0.6 is 11.6 Å². The van der Waals surface area contributed by atoms with Crippen molar-refractivity contribution in [1.82, 2.24) is 0 Å². The van der Waals surface area contributed by atoms with Gasteiger partial charge in [0.25, 0.3) is 0 Å². The Morgan fingerprint density at radius 1 is 0.917 bits per heavy atom. The highest BCUT2D eigenvalue weighted by Gasteiger charge is 2.07. The number of hydrogen-bond acceptors (Lipinski definition) is 4. The highest BCUT2D eigenvalue weighted by atomic mass is 35.5. The number of nitrogens with two attached hydrogens (primary N) is 1. The first-order valence-electron chi connectivity index (χ1n) is 8.03. The molecule has 0 aliphatic carbocycles. The normalized spacial score (nSPS) is 10.5. The van der Waals surface area contributed by atoms with Gasteiger partial charge in [-0.05, 0) is 61.7 Å². The molecule has 0 saturated carbocycles. The molecule has 0 atom stereocenters. The van der Waals surface area contributed by atoms with Crippen molar-refractivity contribution in [3.8, 4) is 17.2 Å². The fraction of sp³-hybridized carbons (Fsp3) is 0.368. The monoisotopic (exact) mass is 349 g/mol. The third kappa shape index (κ3) is 4.79. The Morgan fingerprint density at radius 2 is 1.58 bits per heavy atom. The number of hydrogen-bond donors (Lipinski definition) is 1. The predicted molar refractivity (Wildman–Crippen MR) is 97.4 cm³/mol. The third-order valence-electron chi connectivity index (χ3n) is 3.56. The number of ether oxygens (including phenoxy) is 3. The molecule has 4 nitrogen and oxygen atoms in total. The Labute approximate surface area is 148 Å². The second kappa shape index (κ2) is 8.81. The van der Waals surface area contributed by atoms with E-state index in [1.165, 1.54) is 0 Å². The molecule has 130 valence electrons. The maximum absolute atomic E-state index is 6.16. The molecule has 0 aliphatic heterocycles. The van der Waals surface area contributed by atoms with Crippen LogP contribution in [0, 0.1) is 13.8 Å². The largest absolute Gasteiger partial charge is 0.490 e. The molecular weight excluding hydrogens is 326 g/mol. The minimum Gasteiger partial charge on any atom is -0.490 e. The van der Waals surface area contributed by atoms with E-state index >= 15 is 0 Å². The van der Waals surface area contributed by atoms with Crippen molar-refractivity contribution in [2.75, 3.05) is 19.8 Å². The summed E-state index contributed by atoms with van der Waals surface area (Å²) in [5, 5.41) is 0.778. The van der Waals surface area contributed by atoms with Gasteiger partial charge in [0.1, 0.15) is 19.0 Å². The van der Waals surface area contributed by atoms with E-state index < -0.39 is 0 Å². The molecule has 2 aromatic carbocycles. The number of halogens is 1. The Hall–Kier alpha value is -1.91. The van der Waals surface area contributed by atoms with E-state index in [4.69, 9.17) is 31.5 Å². The average Bonchev–Trinajstić information content (AvgIpc) is 2.57. The molecular formula is C19H24ClNO3. The van der Waals surface area contributed by atoms with Crippen molar-refractivity contribution in [1.29, 1.82) is 0 Å². The van der Waals surface area contributed by atoms with E-state index in [0.717, 1.165) is 27.5 Å². The fourth-order valence-electron chi connectivity index (χ4n) is 2.37. The molecule has 0 amide bonds. The van der Waals surface area contributed by atoms with Gasteiger partial charge in [0, 0.05) is 11.6 Å². The van der Waals surface area contributed by atoms with Crippen LogP contribution in [0.2, 0.25) is 5.02 Å². The molecule has 0 spiro atoms. The van der Waals surface area contributed by atoms with Crippen molar-refractivity contribution < 1.29 is 14.2 Å². The minimum absolute atomic E-state index is 0.419. The van der Waals surface area contributed by atoms with Gasteiger partial charge in [-0.25, -0.2) is 0 Å². The maximum atomic E-state index is 6.16. The van der Waals surface area contributed by atoms with Gasteiger partial charge in [0.05, 0.1) is 6.61 Å². The zero-order valence-electron chi connectivity index (χ0n) is 14.4. The summed E-state index contributed by atoms with van der Waals surface area (Å²) in [7, 11) is 0. The highest BCUT2D eigenvalue weighted by Crippen LogP contribution is 2.29. The minimum atomic E-state index is 0.419. The lowest BCUT2D eigenvalue weighted by Gasteiger charge is -2.14. The summed E-state index contributed by atoms with van der Waals surface area (Å²) in [4.78, 5) is 0. The molecule has 5 heteroatoms. The molecule has 0 saturated heterocycles. The van der Waals surface area contributed by atoms with Crippen LogP contribution in [0.5, 0.6) is 17.2 Å². The Balaban J connectivity index is 1.92. The zero-order valence-corrected chi connectivity index (χ0v) is 15.2. The van der Waals surface area contributed by atoms with E-state index in [1.807, 2.05) is 51.1 Å². The number of rotatable bonds is 8. The summed E-state index contributed by atoms with van der Waals surface area (Å²) < 4.78 is 17.1. The van der Waals surface area contributed by atoms with Crippen LogP contribution < -0.4 is 19.9 Å².